The first-order valence-corrected chi connectivity index (χ1v) is 9.00. The van der Waals surface area contributed by atoms with Gasteiger partial charge in [-0.05, 0) is 47.9 Å². The molecule has 9 heteroatoms. The molecule has 150 valence electrons. The largest absolute Gasteiger partial charge is 0.478 e. The molecule has 9 nitrogen and oxygen atoms in total. The molecule has 0 aliphatic heterocycles. The Bertz CT molecular complexity index is 1320. The van der Waals surface area contributed by atoms with Crippen LogP contribution < -0.4 is 16.6 Å². The molecule has 0 saturated carbocycles. The third-order valence-corrected chi connectivity index (χ3v) is 4.62. The first kappa shape index (κ1) is 18.9. The van der Waals surface area contributed by atoms with E-state index in [0.29, 0.717) is 28.7 Å². The molecule has 0 unspecified atom stereocenters. The van der Waals surface area contributed by atoms with Gasteiger partial charge in [-0.1, -0.05) is 18.2 Å². The van der Waals surface area contributed by atoms with Gasteiger partial charge < -0.3 is 21.1 Å². The van der Waals surface area contributed by atoms with Crippen LogP contribution in [0.15, 0.2) is 59.5 Å². The van der Waals surface area contributed by atoms with Crippen molar-refractivity contribution in [2.24, 2.45) is 0 Å². The molecule has 0 atom stereocenters. The van der Waals surface area contributed by atoms with E-state index in [2.05, 4.69) is 20.3 Å². The molecule has 4 aromatic rings. The maximum atomic E-state index is 12.4. The van der Waals surface area contributed by atoms with Gasteiger partial charge in [-0.3, -0.25) is 14.6 Å². The highest BCUT2D eigenvalue weighted by atomic mass is 16.4. The minimum absolute atomic E-state index is 0.0464. The fourth-order valence-corrected chi connectivity index (χ4v) is 3.19. The van der Waals surface area contributed by atoms with Crippen molar-refractivity contribution in [2.45, 2.75) is 6.42 Å². The zero-order valence-electron chi connectivity index (χ0n) is 15.6. The van der Waals surface area contributed by atoms with E-state index >= 15 is 0 Å². The molecule has 0 aliphatic rings. The average molecular weight is 403 g/mol. The SMILES string of the molecule is Nc1nc2[nH]cc(Cc3ccc(C(=O)Nc4cccc(C(=O)O)c4)cc3)c2c(=O)[nH]1. The summed E-state index contributed by atoms with van der Waals surface area (Å²) in [6, 6.07) is 12.9. The number of rotatable bonds is 5. The maximum absolute atomic E-state index is 12.4. The number of amides is 1. The first-order chi connectivity index (χ1) is 14.4. The number of carboxylic acid groups (broad SMARTS) is 1. The number of nitrogens with two attached hydrogens (primary N) is 1. The minimum atomic E-state index is -1.07. The number of benzene rings is 2. The van der Waals surface area contributed by atoms with Gasteiger partial charge in [0.25, 0.3) is 11.5 Å². The number of carbonyl (C=O) groups is 2. The number of aromatic amines is 2. The molecule has 2 aromatic carbocycles. The number of carboxylic acids is 1. The average Bonchev–Trinajstić information content (AvgIpc) is 3.11. The van der Waals surface area contributed by atoms with E-state index in [1.807, 2.05) is 0 Å². The second-order valence-corrected chi connectivity index (χ2v) is 6.70. The van der Waals surface area contributed by atoms with Gasteiger partial charge in [0.15, 0.2) is 0 Å². The summed E-state index contributed by atoms with van der Waals surface area (Å²) in [7, 11) is 0. The van der Waals surface area contributed by atoms with Gasteiger partial charge in [-0.2, -0.15) is 4.98 Å². The number of hydrogen-bond acceptors (Lipinski definition) is 5. The summed E-state index contributed by atoms with van der Waals surface area (Å²) in [5, 5.41) is 12.2. The molecule has 2 aromatic heterocycles. The summed E-state index contributed by atoms with van der Waals surface area (Å²) in [4.78, 5) is 45.2. The number of hydrogen-bond donors (Lipinski definition) is 5. The first-order valence-electron chi connectivity index (χ1n) is 9.00. The Morgan fingerprint density at radius 2 is 1.87 bits per heavy atom. The third-order valence-electron chi connectivity index (χ3n) is 4.62. The van der Waals surface area contributed by atoms with Crippen LogP contribution in [0.2, 0.25) is 0 Å². The quantitative estimate of drug-likeness (QED) is 0.345. The molecule has 2 heterocycles. The van der Waals surface area contributed by atoms with Crippen molar-refractivity contribution < 1.29 is 14.7 Å². The van der Waals surface area contributed by atoms with Crippen LogP contribution in [0.4, 0.5) is 11.6 Å². The number of nitrogens with one attached hydrogen (secondary N) is 3. The molecule has 6 N–H and O–H groups in total. The fourth-order valence-electron chi connectivity index (χ4n) is 3.19. The number of H-pyrrole nitrogens is 2. The number of nitrogen functional groups attached to an aromatic ring is 1. The van der Waals surface area contributed by atoms with E-state index in [-0.39, 0.29) is 23.0 Å². The Hall–Kier alpha value is -4.40. The third kappa shape index (κ3) is 3.76. The molecule has 0 spiro atoms. The number of aromatic carboxylic acids is 1. The normalized spacial score (nSPS) is 10.8. The van der Waals surface area contributed by atoms with Gasteiger partial charge in [-0.15, -0.1) is 0 Å². The monoisotopic (exact) mass is 403 g/mol. The van der Waals surface area contributed by atoms with Crippen molar-refractivity contribution in [3.05, 3.63) is 87.3 Å². The Morgan fingerprint density at radius 3 is 2.60 bits per heavy atom. The van der Waals surface area contributed by atoms with Gasteiger partial charge >= 0.3 is 5.97 Å². The Labute approximate surface area is 169 Å². The second-order valence-electron chi connectivity index (χ2n) is 6.70. The molecule has 0 bridgehead atoms. The molecular formula is C21H17N5O4. The van der Waals surface area contributed by atoms with E-state index in [0.717, 1.165) is 11.1 Å². The summed E-state index contributed by atoms with van der Waals surface area (Å²) in [5.41, 5.74) is 8.24. The van der Waals surface area contributed by atoms with E-state index in [1.54, 1.807) is 42.6 Å². The van der Waals surface area contributed by atoms with Crippen LogP contribution in [-0.4, -0.2) is 31.9 Å². The second kappa shape index (κ2) is 7.55. The summed E-state index contributed by atoms with van der Waals surface area (Å²) in [6.07, 6.45) is 2.18. The number of carbonyl (C=O) groups excluding carboxylic acids is 1. The maximum Gasteiger partial charge on any atom is 0.335 e. The molecular weight excluding hydrogens is 386 g/mol. The lowest BCUT2D eigenvalue weighted by atomic mass is 10.0. The summed E-state index contributed by atoms with van der Waals surface area (Å²) >= 11 is 0. The zero-order chi connectivity index (χ0) is 21.3. The van der Waals surface area contributed by atoms with Crippen LogP contribution in [0.5, 0.6) is 0 Å². The van der Waals surface area contributed by atoms with E-state index in [4.69, 9.17) is 10.8 Å². The van der Waals surface area contributed by atoms with Crippen molar-refractivity contribution in [3.63, 3.8) is 0 Å². The van der Waals surface area contributed by atoms with E-state index in [9.17, 15) is 14.4 Å². The highest BCUT2D eigenvalue weighted by Crippen LogP contribution is 2.18. The van der Waals surface area contributed by atoms with Crippen molar-refractivity contribution in [2.75, 3.05) is 11.1 Å². The van der Waals surface area contributed by atoms with Crippen LogP contribution in [0, 0.1) is 0 Å². The molecule has 30 heavy (non-hydrogen) atoms. The topological polar surface area (TPSA) is 154 Å². The van der Waals surface area contributed by atoms with Crippen molar-refractivity contribution in [1.82, 2.24) is 15.0 Å². The van der Waals surface area contributed by atoms with E-state index < -0.39 is 5.97 Å². The van der Waals surface area contributed by atoms with Crippen LogP contribution in [0.1, 0.15) is 31.8 Å². The molecule has 4 rings (SSSR count). The standard InChI is InChI=1S/C21H17N5O4/c22-21-25-17-16(19(28)26-21)14(10-23-17)8-11-4-6-12(7-5-11)18(27)24-15-3-1-2-13(9-15)20(29)30/h1-7,9-10H,8H2,(H,24,27)(H,29,30)(H4,22,23,25,26,28). The lowest BCUT2D eigenvalue weighted by molar-refractivity contribution is 0.0696. The van der Waals surface area contributed by atoms with Crippen molar-refractivity contribution in [3.8, 4) is 0 Å². The van der Waals surface area contributed by atoms with E-state index in [1.165, 1.54) is 12.1 Å². The highest BCUT2D eigenvalue weighted by molar-refractivity contribution is 6.04. The van der Waals surface area contributed by atoms with Gasteiger partial charge in [0, 0.05) is 17.4 Å². The number of nitrogens with zero attached hydrogens (tertiary/aromatic N) is 1. The van der Waals surface area contributed by atoms with Gasteiger partial charge in [-0.25, -0.2) is 4.79 Å². The van der Waals surface area contributed by atoms with Gasteiger partial charge in [0.2, 0.25) is 5.95 Å². The van der Waals surface area contributed by atoms with Crippen molar-refractivity contribution in [1.29, 1.82) is 0 Å². The lowest BCUT2D eigenvalue weighted by Gasteiger charge is -2.07. The van der Waals surface area contributed by atoms with Crippen molar-refractivity contribution >= 4 is 34.5 Å². The molecule has 0 aliphatic carbocycles. The minimum Gasteiger partial charge on any atom is -0.478 e. The zero-order valence-corrected chi connectivity index (χ0v) is 15.6. The summed E-state index contributed by atoms with van der Waals surface area (Å²) in [5.74, 6) is -1.37. The molecule has 0 radical (unpaired) electrons. The molecule has 0 saturated heterocycles. The fraction of sp³-hybridized carbons (Fsp3) is 0.0476. The Morgan fingerprint density at radius 1 is 1.10 bits per heavy atom. The number of aromatic nitrogens is 3. The van der Waals surface area contributed by atoms with Gasteiger partial charge in [0.1, 0.15) is 5.65 Å². The molecule has 0 fully saturated rings. The number of anilines is 2. The smallest absolute Gasteiger partial charge is 0.335 e. The van der Waals surface area contributed by atoms with Crippen LogP contribution >= 0.6 is 0 Å². The highest BCUT2D eigenvalue weighted by Gasteiger charge is 2.12. The number of fused-ring (bicyclic) bond motifs is 1. The van der Waals surface area contributed by atoms with Crippen LogP contribution in [-0.2, 0) is 6.42 Å². The lowest BCUT2D eigenvalue weighted by Crippen LogP contribution is -2.12. The summed E-state index contributed by atoms with van der Waals surface area (Å²) < 4.78 is 0. The predicted molar refractivity (Wildman–Crippen MR) is 112 cm³/mol. The molecule has 1 amide bonds. The summed E-state index contributed by atoms with van der Waals surface area (Å²) in [6.45, 7) is 0. The van der Waals surface area contributed by atoms with Gasteiger partial charge in [0.05, 0.1) is 10.9 Å². The Kier molecular flexibility index (Phi) is 4.77. The Balaban J connectivity index is 1.51. The predicted octanol–water partition coefficient (Wildman–Crippen LogP) is 2.37. The van der Waals surface area contributed by atoms with Crippen LogP contribution in [0.25, 0.3) is 11.0 Å². The van der Waals surface area contributed by atoms with Crippen LogP contribution in [0.3, 0.4) is 0 Å².